The van der Waals surface area contributed by atoms with Crippen molar-refractivity contribution < 1.29 is 14.6 Å². The van der Waals surface area contributed by atoms with Crippen LogP contribution in [0.5, 0.6) is 5.75 Å². The Balaban J connectivity index is 2.12. The molecular formula is C18H15BrN2O4. The first kappa shape index (κ1) is 17.2. The van der Waals surface area contributed by atoms with Gasteiger partial charge in [0, 0.05) is 16.7 Å². The molecule has 0 spiro atoms. The van der Waals surface area contributed by atoms with Crippen LogP contribution in [-0.4, -0.2) is 15.2 Å². The Morgan fingerprint density at radius 1 is 1.20 bits per heavy atom. The third kappa shape index (κ3) is 3.89. The summed E-state index contributed by atoms with van der Waals surface area (Å²) >= 11 is 3.38. The van der Waals surface area contributed by atoms with Gasteiger partial charge in [0.2, 0.25) is 11.2 Å². The molecule has 0 radical (unpaired) electrons. The van der Waals surface area contributed by atoms with E-state index >= 15 is 0 Å². The van der Waals surface area contributed by atoms with Gasteiger partial charge in [-0.2, -0.15) is 0 Å². The van der Waals surface area contributed by atoms with Crippen LogP contribution in [0.4, 0.5) is 5.82 Å². The monoisotopic (exact) mass is 402 g/mol. The molecule has 3 N–H and O–H groups in total. The Hall–Kier alpha value is -2.64. The highest BCUT2D eigenvalue weighted by Crippen LogP contribution is 2.31. The largest absolute Gasteiger partial charge is 0.502 e. The molecule has 3 aromatic rings. The summed E-state index contributed by atoms with van der Waals surface area (Å²) in [5.41, 5.74) is 0.137. The number of hydrogen-bond acceptors (Lipinski definition) is 6. The lowest BCUT2D eigenvalue weighted by Crippen LogP contribution is -2.17. The minimum atomic E-state index is -0.665. The summed E-state index contributed by atoms with van der Waals surface area (Å²) in [6.07, 6.45) is 1.63. The summed E-state index contributed by atoms with van der Waals surface area (Å²) in [5.74, 6) is 0.132. The van der Waals surface area contributed by atoms with Crippen molar-refractivity contribution in [2.45, 2.75) is 12.6 Å². The van der Waals surface area contributed by atoms with Gasteiger partial charge in [-0.3, -0.25) is 4.79 Å². The smallest absolute Gasteiger partial charge is 0.227 e. The van der Waals surface area contributed by atoms with E-state index in [0.29, 0.717) is 5.82 Å². The predicted octanol–water partition coefficient (Wildman–Crippen LogP) is 3.20. The van der Waals surface area contributed by atoms with Gasteiger partial charge in [-0.25, -0.2) is 4.98 Å². The standard InChI is InChI=1S/C18H15BrN2O4/c19-12-6-4-11(5-7-12)16(21-15-3-1-2-8-20-15)18-17(24)14(23)9-13(10-22)25-18/h1-9,16,22,24H,10H2,(H,20,21). The maximum atomic E-state index is 12.0. The summed E-state index contributed by atoms with van der Waals surface area (Å²) in [6.45, 7) is -0.445. The number of nitrogens with zero attached hydrogens (tertiary/aromatic N) is 1. The van der Waals surface area contributed by atoms with Crippen LogP contribution in [0.3, 0.4) is 0 Å². The Bertz CT molecular complexity index is 911. The van der Waals surface area contributed by atoms with E-state index in [9.17, 15) is 15.0 Å². The fourth-order valence-corrected chi connectivity index (χ4v) is 2.64. The molecule has 7 heteroatoms. The van der Waals surface area contributed by atoms with Gasteiger partial charge in [0.25, 0.3) is 0 Å². The van der Waals surface area contributed by atoms with E-state index in [2.05, 4.69) is 26.2 Å². The lowest BCUT2D eigenvalue weighted by molar-refractivity contribution is 0.234. The molecule has 1 atom stereocenters. The van der Waals surface area contributed by atoms with E-state index in [4.69, 9.17) is 4.42 Å². The Labute approximate surface area is 151 Å². The first-order chi connectivity index (χ1) is 12.1. The zero-order valence-electron chi connectivity index (χ0n) is 13.0. The summed E-state index contributed by atoms with van der Waals surface area (Å²) < 4.78 is 6.45. The van der Waals surface area contributed by atoms with Crippen LogP contribution >= 0.6 is 15.9 Å². The van der Waals surface area contributed by atoms with E-state index in [1.165, 1.54) is 0 Å². The Kier molecular flexibility index (Phi) is 5.16. The number of aliphatic hydroxyl groups is 1. The average Bonchev–Trinajstić information content (AvgIpc) is 2.64. The Morgan fingerprint density at radius 2 is 1.96 bits per heavy atom. The molecule has 0 fully saturated rings. The topological polar surface area (TPSA) is 95.6 Å². The lowest BCUT2D eigenvalue weighted by atomic mass is 10.0. The molecule has 0 bridgehead atoms. The number of nitrogens with one attached hydrogen (secondary N) is 1. The van der Waals surface area contributed by atoms with Crippen LogP contribution in [0.25, 0.3) is 0 Å². The maximum absolute atomic E-state index is 12.0. The van der Waals surface area contributed by atoms with Crippen molar-refractivity contribution in [1.29, 1.82) is 0 Å². The normalized spacial score (nSPS) is 11.9. The zero-order valence-corrected chi connectivity index (χ0v) is 14.6. The first-order valence-corrected chi connectivity index (χ1v) is 8.27. The average molecular weight is 403 g/mol. The number of aromatic nitrogens is 1. The second-order valence-corrected chi connectivity index (χ2v) is 6.21. The van der Waals surface area contributed by atoms with Gasteiger partial charge in [0.1, 0.15) is 24.2 Å². The van der Waals surface area contributed by atoms with Crippen LogP contribution in [0.15, 0.2) is 68.4 Å². The summed E-state index contributed by atoms with van der Waals surface area (Å²) in [4.78, 5) is 16.2. The maximum Gasteiger partial charge on any atom is 0.227 e. The van der Waals surface area contributed by atoms with Crippen molar-refractivity contribution in [3.63, 3.8) is 0 Å². The number of aromatic hydroxyl groups is 1. The second kappa shape index (κ2) is 7.50. The Morgan fingerprint density at radius 3 is 2.60 bits per heavy atom. The molecule has 0 amide bonds. The molecule has 25 heavy (non-hydrogen) atoms. The molecule has 2 aromatic heterocycles. The first-order valence-electron chi connectivity index (χ1n) is 7.48. The van der Waals surface area contributed by atoms with Crippen molar-refractivity contribution >= 4 is 21.7 Å². The van der Waals surface area contributed by atoms with Gasteiger partial charge < -0.3 is 19.9 Å². The van der Waals surface area contributed by atoms with Crippen molar-refractivity contribution in [3.05, 3.63) is 86.5 Å². The highest BCUT2D eigenvalue weighted by Gasteiger charge is 2.23. The van der Waals surface area contributed by atoms with Gasteiger partial charge >= 0.3 is 0 Å². The molecule has 2 heterocycles. The number of halogens is 1. The van der Waals surface area contributed by atoms with Crippen LogP contribution < -0.4 is 10.7 Å². The quantitative estimate of drug-likeness (QED) is 0.606. The van der Waals surface area contributed by atoms with E-state index in [-0.39, 0.29) is 11.5 Å². The van der Waals surface area contributed by atoms with E-state index in [1.54, 1.807) is 18.3 Å². The summed E-state index contributed by atoms with van der Waals surface area (Å²) in [6, 6.07) is 13.1. The minimum Gasteiger partial charge on any atom is -0.502 e. The van der Waals surface area contributed by atoms with E-state index in [1.807, 2.05) is 30.3 Å². The number of aliphatic hydroxyl groups excluding tert-OH is 1. The molecule has 3 rings (SSSR count). The number of hydrogen-bond donors (Lipinski definition) is 3. The molecule has 6 nitrogen and oxygen atoms in total. The van der Waals surface area contributed by atoms with E-state index in [0.717, 1.165) is 16.1 Å². The highest BCUT2D eigenvalue weighted by atomic mass is 79.9. The third-order valence-electron chi connectivity index (χ3n) is 3.58. The van der Waals surface area contributed by atoms with Gasteiger partial charge in [-0.15, -0.1) is 0 Å². The zero-order chi connectivity index (χ0) is 17.8. The summed E-state index contributed by atoms with van der Waals surface area (Å²) in [7, 11) is 0. The van der Waals surface area contributed by atoms with E-state index < -0.39 is 23.8 Å². The third-order valence-corrected chi connectivity index (χ3v) is 4.11. The van der Waals surface area contributed by atoms with Crippen molar-refractivity contribution in [1.82, 2.24) is 4.98 Å². The van der Waals surface area contributed by atoms with Gasteiger partial charge in [-0.1, -0.05) is 34.1 Å². The minimum absolute atomic E-state index is 0.0181. The van der Waals surface area contributed by atoms with Gasteiger partial charge in [0.05, 0.1) is 0 Å². The van der Waals surface area contributed by atoms with Crippen LogP contribution in [0.2, 0.25) is 0 Å². The molecule has 0 aliphatic carbocycles. The fraction of sp³-hybridized carbons (Fsp3) is 0.111. The molecule has 0 aliphatic rings. The molecule has 0 saturated carbocycles. The number of benzene rings is 1. The summed E-state index contributed by atoms with van der Waals surface area (Å²) in [5, 5.41) is 22.7. The fourth-order valence-electron chi connectivity index (χ4n) is 2.38. The van der Waals surface area contributed by atoms with Gasteiger partial charge in [0.15, 0.2) is 5.76 Å². The number of anilines is 1. The van der Waals surface area contributed by atoms with Crippen LogP contribution in [-0.2, 0) is 6.61 Å². The molecule has 1 aromatic carbocycles. The molecule has 1 unspecified atom stereocenters. The molecule has 0 aliphatic heterocycles. The van der Waals surface area contributed by atoms with Crippen molar-refractivity contribution in [2.75, 3.05) is 5.32 Å². The second-order valence-electron chi connectivity index (χ2n) is 5.29. The van der Waals surface area contributed by atoms with Crippen molar-refractivity contribution in [2.24, 2.45) is 0 Å². The van der Waals surface area contributed by atoms with Crippen molar-refractivity contribution in [3.8, 4) is 5.75 Å². The van der Waals surface area contributed by atoms with Crippen LogP contribution in [0.1, 0.15) is 23.1 Å². The predicted molar refractivity (Wildman–Crippen MR) is 96.4 cm³/mol. The number of pyridine rings is 1. The lowest BCUT2D eigenvalue weighted by Gasteiger charge is -2.20. The SMILES string of the molecule is O=c1cc(CO)oc(C(Nc2ccccn2)c2ccc(Br)cc2)c1O. The molecular weight excluding hydrogens is 388 g/mol. The highest BCUT2D eigenvalue weighted by molar-refractivity contribution is 9.10. The van der Waals surface area contributed by atoms with Gasteiger partial charge in [-0.05, 0) is 29.8 Å². The molecule has 0 saturated heterocycles. The molecule has 128 valence electrons. The number of rotatable bonds is 5. The van der Waals surface area contributed by atoms with Crippen LogP contribution in [0, 0.1) is 0 Å².